The van der Waals surface area contributed by atoms with Crippen molar-refractivity contribution in [3.05, 3.63) is 52.7 Å². The summed E-state index contributed by atoms with van der Waals surface area (Å²) in [6, 6.07) is 9.36. The van der Waals surface area contributed by atoms with E-state index < -0.39 is 0 Å². The van der Waals surface area contributed by atoms with E-state index in [2.05, 4.69) is 10.3 Å². The third-order valence-corrected chi connectivity index (χ3v) is 4.54. The Kier molecular flexibility index (Phi) is 5.76. The molecule has 1 heterocycles. The van der Waals surface area contributed by atoms with Crippen LogP contribution in [0.25, 0.3) is 10.9 Å². The second-order valence-electron chi connectivity index (χ2n) is 5.91. The maximum Gasteiger partial charge on any atom is 0.253 e. The van der Waals surface area contributed by atoms with Crippen molar-refractivity contribution in [2.24, 2.45) is 0 Å². The number of methoxy groups -OCH3 is 3. The lowest BCUT2D eigenvalue weighted by Gasteiger charge is -2.14. The first-order chi connectivity index (χ1) is 13.1. The molecule has 0 fully saturated rings. The maximum atomic E-state index is 12.7. The first-order valence-corrected chi connectivity index (χ1v) is 8.79. The van der Waals surface area contributed by atoms with Crippen molar-refractivity contribution >= 4 is 28.4 Å². The average Bonchev–Trinajstić information content (AvgIpc) is 3.10. The van der Waals surface area contributed by atoms with Gasteiger partial charge in [-0.3, -0.25) is 4.79 Å². The summed E-state index contributed by atoms with van der Waals surface area (Å²) in [5.41, 5.74) is 2.27. The molecule has 0 bridgehead atoms. The smallest absolute Gasteiger partial charge is 0.253 e. The Labute approximate surface area is 162 Å². The predicted molar refractivity (Wildman–Crippen MR) is 105 cm³/mol. The zero-order valence-electron chi connectivity index (χ0n) is 15.4. The summed E-state index contributed by atoms with van der Waals surface area (Å²) in [4.78, 5) is 15.8. The molecule has 1 aromatic heterocycles. The maximum absolute atomic E-state index is 12.7. The molecule has 0 atom stereocenters. The molecule has 0 saturated heterocycles. The van der Waals surface area contributed by atoms with E-state index in [1.807, 2.05) is 24.3 Å². The first-order valence-electron chi connectivity index (χ1n) is 8.41. The van der Waals surface area contributed by atoms with Crippen LogP contribution in [-0.4, -0.2) is 38.8 Å². The Bertz CT molecular complexity index is 968. The summed E-state index contributed by atoms with van der Waals surface area (Å²) >= 11 is 5.99. The molecular formula is C20H21ClN2O4. The Hall–Kier alpha value is -2.86. The van der Waals surface area contributed by atoms with Crippen LogP contribution in [0.5, 0.6) is 17.2 Å². The highest BCUT2D eigenvalue weighted by Gasteiger charge is 2.22. The zero-order valence-corrected chi connectivity index (χ0v) is 16.1. The minimum absolute atomic E-state index is 0.200. The van der Waals surface area contributed by atoms with Crippen molar-refractivity contribution in [3.63, 3.8) is 0 Å². The summed E-state index contributed by atoms with van der Waals surface area (Å²) in [6.07, 6.45) is 2.34. The largest absolute Gasteiger partial charge is 0.493 e. The van der Waals surface area contributed by atoms with Gasteiger partial charge in [-0.1, -0.05) is 23.7 Å². The van der Waals surface area contributed by atoms with Crippen LogP contribution < -0.4 is 19.5 Å². The topological polar surface area (TPSA) is 72.6 Å². The van der Waals surface area contributed by atoms with Gasteiger partial charge in [0.25, 0.3) is 5.91 Å². The first kappa shape index (κ1) is 18.9. The minimum atomic E-state index is -0.200. The van der Waals surface area contributed by atoms with Crippen molar-refractivity contribution in [3.8, 4) is 17.2 Å². The van der Waals surface area contributed by atoms with Gasteiger partial charge in [-0.25, -0.2) is 0 Å². The Morgan fingerprint density at radius 1 is 1.11 bits per heavy atom. The molecule has 0 radical (unpaired) electrons. The third-order valence-electron chi connectivity index (χ3n) is 4.30. The quantitative estimate of drug-likeness (QED) is 0.645. The number of fused-ring (bicyclic) bond motifs is 1. The highest BCUT2D eigenvalue weighted by molar-refractivity contribution is 6.30. The van der Waals surface area contributed by atoms with Crippen LogP contribution in [0.4, 0.5) is 0 Å². The Morgan fingerprint density at radius 2 is 1.89 bits per heavy atom. The van der Waals surface area contributed by atoms with Crippen LogP contribution in [0, 0.1) is 0 Å². The lowest BCUT2D eigenvalue weighted by molar-refractivity contribution is 0.0955. The number of H-pyrrole nitrogens is 1. The Balaban J connectivity index is 1.84. The fraction of sp³-hybridized carbons (Fsp3) is 0.250. The van der Waals surface area contributed by atoms with E-state index in [0.717, 1.165) is 11.1 Å². The third kappa shape index (κ3) is 3.80. The van der Waals surface area contributed by atoms with Gasteiger partial charge in [-0.2, -0.15) is 0 Å². The highest BCUT2D eigenvalue weighted by atomic mass is 35.5. The van der Waals surface area contributed by atoms with Crippen LogP contribution in [0.15, 0.2) is 36.5 Å². The second-order valence-corrected chi connectivity index (χ2v) is 6.34. The molecule has 2 aromatic carbocycles. The number of rotatable bonds is 7. The molecule has 0 aliphatic rings. The molecule has 0 spiro atoms. The van der Waals surface area contributed by atoms with Gasteiger partial charge in [0.05, 0.1) is 37.8 Å². The van der Waals surface area contributed by atoms with Crippen LogP contribution in [0.2, 0.25) is 5.02 Å². The minimum Gasteiger partial charge on any atom is -0.493 e. The number of ether oxygens (including phenoxy) is 3. The monoisotopic (exact) mass is 388 g/mol. The van der Waals surface area contributed by atoms with Crippen LogP contribution in [0.3, 0.4) is 0 Å². The molecule has 0 saturated carbocycles. The summed E-state index contributed by atoms with van der Waals surface area (Å²) in [7, 11) is 4.61. The Morgan fingerprint density at radius 3 is 2.56 bits per heavy atom. The van der Waals surface area contributed by atoms with E-state index in [0.29, 0.717) is 46.2 Å². The molecule has 27 heavy (non-hydrogen) atoms. The molecule has 2 N–H and O–H groups in total. The fourth-order valence-electron chi connectivity index (χ4n) is 3.05. The number of hydrogen-bond acceptors (Lipinski definition) is 4. The summed E-state index contributed by atoms with van der Waals surface area (Å²) in [5.74, 6) is 1.22. The zero-order chi connectivity index (χ0) is 19.4. The number of hydrogen-bond donors (Lipinski definition) is 2. The van der Waals surface area contributed by atoms with Crippen molar-refractivity contribution < 1.29 is 19.0 Å². The number of carbonyl (C=O) groups is 1. The van der Waals surface area contributed by atoms with Gasteiger partial charge in [-0.05, 0) is 24.1 Å². The number of carbonyl (C=O) groups excluding carboxylic acids is 1. The molecule has 3 rings (SSSR count). The number of aromatic nitrogens is 1. The average molecular weight is 389 g/mol. The van der Waals surface area contributed by atoms with Crippen molar-refractivity contribution in [1.29, 1.82) is 0 Å². The second kappa shape index (κ2) is 8.22. The van der Waals surface area contributed by atoms with Crippen molar-refractivity contribution in [1.82, 2.24) is 10.3 Å². The number of halogens is 1. The molecular weight excluding hydrogens is 368 g/mol. The molecule has 1 amide bonds. The number of amides is 1. The molecule has 7 heteroatoms. The van der Waals surface area contributed by atoms with E-state index in [4.69, 9.17) is 25.8 Å². The van der Waals surface area contributed by atoms with E-state index in [1.54, 1.807) is 19.4 Å². The predicted octanol–water partition coefficient (Wildman–Crippen LogP) is 3.82. The summed E-state index contributed by atoms with van der Waals surface area (Å²) < 4.78 is 16.3. The number of nitrogens with one attached hydrogen (secondary N) is 2. The van der Waals surface area contributed by atoms with Crippen LogP contribution in [0.1, 0.15) is 15.9 Å². The lowest BCUT2D eigenvalue weighted by Crippen LogP contribution is -2.25. The molecule has 6 nitrogen and oxygen atoms in total. The van der Waals surface area contributed by atoms with E-state index in [-0.39, 0.29) is 5.91 Å². The lowest BCUT2D eigenvalue weighted by atomic mass is 10.1. The molecule has 142 valence electrons. The number of aromatic amines is 1. The van der Waals surface area contributed by atoms with E-state index >= 15 is 0 Å². The standard InChI is InChI=1S/C20H21ClN2O4/c1-25-16-10-15-17(19(27-3)18(16)26-2)14(11-23-15)20(24)22-8-7-12-5-4-6-13(21)9-12/h4-6,9-11,23H,7-8H2,1-3H3,(H,22,24). The van der Waals surface area contributed by atoms with Crippen molar-refractivity contribution in [2.75, 3.05) is 27.9 Å². The molecule has 0 aliphatic heterocycles. The van der Waals surface area contributed by atoms with Crippen molar-refractivity contribution in [2.45, 2.75) is 6.42 Å². The van der Waals surface area contributed by atoms with Gasteiger partial charge in [0.15, 0.2) is 11.5 Å². The van der Waals surface area contributed by atoms with Gasteiger partial charge in [0, 0.05) is 23.8 Å². The molecule has 0 aliphatic carbocycles. The van der Waals surface area contributed by atoms with Gasteiger partial charge < -0.3 is 24.5 Å². The highest BCUT2D eigenvalue weighted by Crippen LogP contribution is 2.44. The molecule has 3 aromatic rings. The SMILES string of the molecule is COc1cc2[nH]cc(C(=O)NCCc3cccc(Cl)c3)c2c(OC)c1OC. The number of benzene rings is 2. The van der Waals surface area contributed by atoms with Gasteiger partial charge in [-0.15, -0.1) is 0 Å². The van der Waals surface area contributed by atoms with Crippen LogP contribution in [-0.2, 0) is 6.42 Å². The van der Waals surface area contributed by atoms with Gasteiger partial charge >= 0.3 is 0 Å². The molecule has 0 unspecified atom stereocenters. The fourth-order valence-corrected chi connectivity index (χ4v) is 3.26. The van der Waals surface area contributed by atoms with Gasteiger partial charge in [0.2, 0.25) is 5.75 Å². The van der Waals surface area contributed by atoms with Gasteiger partial charge in [0.1, 0.15) is 0 Å². The van der Waals surface area contributed by atoms with E-state index in [9.17, 15) is 4.79 Å². The normalized spacial score (nSPS) is 10.7. The summed E-state index contributed by atoms with van der Waals surface area (Å²) in [5, 5.41) is 4.26. The summed E-state index contributed by atoms with van der Waals surface area (Å²) in [6.45, 7) is 0.488. The van der Waals surface area contributed by atoms with E-state index in [1.165, 1.54) is 14.2 Å². The van der Waals surface area contributed by atoms with Crippen LogP contribution >= 0.6 is 11.6 Å².